The van der Waals surface area contributed by atoms with Gasteiger partial charge in [0.15, 0.2) is 0 Å². The molecular formula is C19H30N2O2. The van der Waals surface area contributed by atoms with Gasteiger partial charge < -0.3 is 10.1 Å². The number of carbonyl (C=O) groups is 1. The minimum atomic E-state index is 0.0903. The number of carbonyl (C=O) groups excluding carboxylic acids is 1. The lowest BCUT2D eigenvalue weighted by molar-refractivity contribution is -0.123. The van der Waals surface area contributed by atoms with Crippen LogP contribution in [0.5, 0.6) is 0 Å². The lowest BCUT2D eigenvalue weighted by atomic mass is 9.89. The number of amides is 1. The van der Waals surface area contributed by atoms with E-state index in [0.29, 0.717) is 25.0 Å². The molecule has 1 aromatic carbocycles. The number of rotatable bonds is 6. The molecule has 0 bridgehead atoms. The Bertz CT molecular complexity index is 499. The first-order valence-corrected chi connectivity index (χ1v) is 8.62. The van der Waals surface area contributed by atoms with Crippen LogP contribution in [-0.4, -0.2) is 43.6 Å². The molecule has 1 amide bonds. The summed E-state index contributed by atoms with van der Waals surface area (Å²) in [5.74, 6) is 0.439. The van der Waals surface area contributed by atoms with Crippen LogP contribution in [-0.2, 0) is 9.53 Å². The zero-order valence-corrected chi connectivity index (χ0v) is 14.8. The first-order valence-electron chi connectivity index (χ1n) is 8.62. The summed E-state index contributed by atoms with van der Waals surface area (Å²) in [5.41, 5.74) is 2.47. The van der Waals surface area contributed by atoms with Crippen molar-refractivity contribution in [2.24, 2.45) is 5.92 Å². The molecule has 2 rings (SSSR count). The molecule has 4 nitrogen and oxygen atoms in total. The highest BCUT2D eigenvalue weighted by atomic mass is 16.5. The molecule has 4 heteroatoms. The van der Waals surface area contributed by atoms with E-state index in [-0.39, 0.29) is 12.0 Å². The Morgan fingerprint density at radius 3 is 2.70 bits per heavy atom. The van der Waals surface area contributed by atoms with Crippen LogP contribution in [0.25, 0.3) is 0 Å². The molecule has 1 fully saturated rings. The molecule has 0 radical (unpaired) electrons. The molecule has 0 aromatic heterocycles. The van der Waals surface area contributed by atoms with E-state index in [1.165, 1.54) is 11.1 Å². The second-order valence-electron chi connectivity index (χ2n) is 6.92. The number of benzene rings is 1. The van der Waals surface area contributed by atoms with Crippen molar-refractivity contribution >= 4 is 5.91 Å². The standard InChI is InChI=1S/C19H30N2O2/c1-14(2)21(4)13-18(22)20-12-17-6-5-11-23-19(17)16-9-7-15(3)8-10-16/h7-10,14,17,19H,5-6,11-13H2,1-4H3,(H,20,22)/t17-,19+/m0/s1. The lowest BCUT2D eigenvalue weighted by Gasteiger charge is -2.32. The van der Waals surface area contributed by atoms with Gasteiger partial charge in [0.1, 0.15) is 0 Å². The third kappa shape index (κ3) is 5.33. The van der Waals surface area contributed by atoms with Crippen molar-refractivity contribution in [3.05, 3.63) is 35.4 Å². The molecule has 1 aliphatic heterocycles. The molecule has 2 atom stereocenters. The van der Waals surface area contributed by atoms with Crippen LogP contribution in [0.3, 0.4) is 0 Å². The minimum Gasteiger partial charge on any atom is -0.373 e. The zero-order valence-electron chi connectivity index (χ0n) is 14.8. The number of likely N-dealkylation sites (N-methyl/N-ethyl adjacent to an activating group) is 1. The largest absolute Gasteiger partial charge is 0.373 e. The summed E-state index contributed by atoms with van der Waals surface area (Å²) in [5, 5.41) is 3.09. The van der Waals surface area contributed by atoms with Crippen molar-refractivity contribution in [1.82, 2.24) is 10.2 Å². The highest BCUT2D eigenvalue weighted by Crippen LogP contribution is 2.33. The van der Waals surface area contributed by atoms with Crippen LogP contribution in [0.1, 0.15) is 43.9 Å². The summed E-state index contributed by atoms with van der Waals surface area (Å²) in [6, 6.07) is 8.92. The summed E-state index contributed by atoms with van der Waals surface area (Å²) in [6.07, 6.45) is 2.25. The first-order chi connectivity index (χ1) is 11.0. The molecule has 1 saturated heterocycles. The molecule has 128 valence electrons. The predicted octanol–water partition coefficient (Wildman–Crippen LogP) is 2.92. The topological polar surface area (TPSA) is 41.6 Å². The Hall–Kier alpha value is -1.39. The SMILES string of the molecule is Cc1ccc([C@H]2OCCC[C@H]2CNC(=O)CN(C)C(C)C)cc1. The van der Waals surface area contributed by atoms with Crippen molar-refractivity contribution in [2.45, 2.75) is 45.8 Å². The molecule has 1 aliphatic rings. The molecular weight excluding hydrogens is 288 g/mol. The van der Waals surface area contributed by atoms with Gasteiger partial charge in [-0.3, -0.25) is 9.69 Å². The quantitative estimate of drug-likeness (QED) is 0.877. The normalized spacial score (nSPS) is 21.7. The molecule has 0 spiro atoms. The Labute approximate surface area is 140 Å². The molecule has 0 aliphatic carbocycles. The highest BCUT2D eigenvalue weighted by Gasteiger charge is 2.27. The van der Waals surface area contributed by atoms with E-state index in [1.54, 1.807) is 0 Å². The summed E-state index contributed by atoms with van der Waals surface area (Å²) in [7, 11) is 1.98. The summed E-state index contributed by atoms with van der Waals surface area (Å²) in [4.78, 5) is 14.1. The number of hydrogen-bond acceptors (Lipinski definition) is 3. The van der Waals surface area contributed by atoms with Crippen LogP contribution in [0.4, 0.5) is 0 Å². The average molecular weight is 318 g/mol. The van der Waals surface area contributed by atoms with Gasteiger partial charge in [0.2, 0.25) is 5.91 Å². The Balaban J connectivity index is 1.91. The summed E-state index contributed by atoms with van der Waals surface area (Å²) >= 11 is 0. The van der Waals surface area contributed by atoms with Crippen molar-refractivity contribution < 1.29 is 9.53 Å². The third-order valence-electron chi connectivity index (χ3n) is 4.69. The fraction of sp³-hybridized carbons (Fsp3) is 0.632. The predicted molar refractivity (Wildman–Crippen MR) is 93.4 cm³/mol. The Kier molecular flexibility index (Phi) is 6.60. The molecule has 0 saturated carbocycles. The van der Waals surface area contributed by atoms with E-state index in [9.17, 15) is 4.79 Å². The molecule has 1 heterocycles. The molecule has 23 heavy (non-hydrogen) atoms. The van der Waals surface area contributed by atoms with Gasteiger partial charge in [-0.1, -0.05) is 29.8 Å². The van der Waals surface area contributed by atoms with Gasteiger partial charge in [0.25, 0.3) is 0 Å². The van der Waals surface area contributed by atoms with E-state index < -0.39 is 0 Å². The van der Waals surface area contributed by atoms with Gasteiger partial charge >= 0.3 is 0 Å². The van der Waals surface area contributed by atoms with E-state index in [4.69, 9.17) is 4.74 Å². The highest BCUT2D eigenvalue weighted by molar-refractivity contribution is 5.78. The summed E-state index contributed by atoms with van der Waals surface area (Å²) in [6.45, 7) is 8.21. The monoisotopic (exact) mass is 318 g/mol. The second kappa shape index (κ2) is 8.46. The number of aryl methyl sites for hydroxylation is 1. The third-order valence-corrected chi connectivity index (χ3v) is 4.69. The molecule has 0 unspecified atom stereocenters. The van der Waals surface area contributed by atoms with Crippen molar-refractivity contribution in [3.8, 4) is 0 Å². The maximum atomic E-state index is 12.1. The van der Waals surface area contributed by atoms with E-state index >= 15 is 0 Å². The maximum absolute atomic E-state index is 12.1. The lowest BCUT2D eigenvalue weighted by Crippen LogP contribution is -2.41. The van der Waals surface area contributed by atoms with Gasteiger partial charge in [0.05, 0.1) is 12.6 Å². The maximum Gasteiger partial charge on any atom is 0.234 e. The number of nitrogens with zero attached hydrogens (tertiary/aromatic N) is 1. The van der Waals surface area contributed by atoms with Crippen LogP contribution >= 0.6 is 0 Å². The van der Waals surface area contributed by atoms with E-state index in [1.807, 2.05) is 11.9 Å². The van der Waals surface area contributed by atoms with Gasteiger partial charge in [-0.2, -0.15) is 0 Å². The van der Waals surface area contributed by atoms with Crippen LogP contribution in [0.2, 0.25) is 0 Å². The van der Waals surface area contributed by atoms with E-state index in [0.717, 1.165) is 19.4 Å². The van der Waals surface area contributed by atoms with Gasteiger partial charge in [-0.05, 0) is 46.2 Å². The van der Waals surface area contributed by atoms with E-state index in [2.05, 4.69) is 50.4 Å². The Morgan fingerprint density at radius 1 is 1.35 bits per heavy atom. The van der Waals surface area contributed by atoms with Crippen LogP contribution in [0.15, 0.2) is 24.3 Å². The molecule has 1 N–H and O–H groups in total. The second-order valence-corrected chi connectivity index (χ2v) is 6.92. The van der Waals surface area contributed by atoms with Crippen molar-refractivity contribution in [3.63, 3.8) is 0 Å². The fourth-order valence-electron chi connectivity index (χ4n) is 2.89. The van der Waals surface area contributed by atoms with Gasteiger partial charge in [-0.15, -0.1) is 0 Å². The number of nitrogens with one attached hydrogen (secondary N) is 1. The number of hydrogen-bond donors (Lipinski definition) is 1. The van der Waals surface area contributed by atoms with Gasteiger partial charge in [0, 0.05) is 25.1 Å². The van der Waals surface area contributed by atoms with Crippen molar-refractivity contribution in [2.75, 3.05) is 26.7 Å². The zero-order chi connectivity index (χ0) is 16.8. The van der Waals surface area contributed by atoms with Crippen LogP contribution in [0, 0.1) is 12.8 Å². The smallest absolute Gasteiger partial charge is 0.234 e. The Morgan fingerprint density at radius 2 is 2.04 bits per heavy atom. The summed E-state index contributed by atoms with van der Waals surface area (Å²) < 4.78 is 6.01. The van der Waals surface area contributed by atoms with Crippen LogP contribution < -0.4 is 5.32 Å². The number of ether oxygens (including phenoxy) is 1. The van der Waals surface area contributed by atoms with Crippen molar-refractivity contribution in [1.29, 1.82) is 0 Å². The molecule has 1 aromatic rings. The minimum absolute atomic E-state index is 0.0903. The van der Waals surface area contributed by atoms with Gasteiger partial charge in [-0.25, -0.2) is 0 Å². The average Bonchev–Trinajstić information content (AvgIpc) is 2.54. The fourth-order valence-corrected chi connectivity index (χ4v) is 2.89. The first kappa shape index (κ1) is 18.0.